The van der Waals surface area contributed by atoms with Crippen LogP contribution in [0.4, 0.5) is 0 Å². The first kappa shape index (κ1) is 23.3. The number of aromatic nitrogens is 4. The predicted octanol–water partition coefficient (Wildman–Crippen LogP) is 3.44. The molecule has 0 radical (unpaired) electrons. The summed E-state index contributed by atoms with van der Waals surface area (Å²) in [7, 11) is 1.86. The summed E-state index contributed by atoms with van der Waals surface area (Å²) in [5.41, 5.74) is 1.73. The molecular weight excluding hydrogens is 432 g/mol. The van der Waals surface area contributed by atoms with E-state index in [4.69, 9.17) is 4.42 Å². The van der Waals surface area contributed by atoms with E-state index < -0.39 is 11.6 Å². The first-order valence-electron chi connectivity index (χ1n) is 11.3. The number of hydrogen-bond donors (Lipinski definition) is 1. The Balaban J connectivity index is 1.73. The van der Waals surface area contributed by atoms with Gasteiger partial charge >= 0.3 is 0 Å². The zero-order chi connectivity index (χ0) is 24.3. The lowest BCUT2D eigenvalue weighted by atomic mass is 10.0. The minimum Gasteiger partial charge on any atom is -0.467 e. The minimum absolute atomic E-state index is 0.0629. The molecule has 1 aromatic carbocycles. The van der Waals surface area contributed by atoms with E-state index in [0.717, 1.165) is 11.9 Å². The molecule has 9 heteroatoms. The number of nitrogens with zero attached hydrogens (tertiary/aromatic N) is 5. The van der Waals surface area contributed by atoms with E-state index in [1.54, 1.807) is 28.0 Å². The van der Waals surface area contributed by atoms with Crippen molar-refractivity contribution in [1.82, 2.24) is 29.8 Å². The maximum Gasteiger partial charge on any atom is 0.249 e. The van der Waals surface area contributed by atoms with E-state index in [1.807, 2.05) is 75.0 Å². The van der Waals surface area contributed by atoms with E-state index in [0.29, 0.717) is 17.0 Å². The van der Waals surface area contributed by atoms with Crippen LogP contribution in [0.3, 0.4) is 0 Å². The van der Waals surface area contributed by atoms with Crippen LogP contribution in [0.2, 0.25) is 0 Å². The molecule has 4 rings (SSSR count). The number of fused-ring (bicyclic) bond motifs is 1. The molecule has 2 amide bonds. The fourth-order valence-electron chi connectivity index (χ4n) is 3.83. The van der Waals surface area contributed by atoms with Crippen molar-refractivity contribution in [2.75, 3.05) is 0 Å². The van der Waals surface area contributed by atoms with Crippen LogP contribution < -0.4 is 5.32 Å². The van der Waals surface area contributed by atoms with Gasteiger partial charge in [-0.2, -0.15) is 0 Å². The Morgan fingerprint density at radius 1 is 1.15 bits per heavy atom. The van der Waals surface area contributed by atoms with Gasteiger partial charge in [0, 0.05) is 24.5 Å². The fraction of sp³-hybridized carbons (Fsp3) is 0.360. The first-order valence-corrected chi connectivity index (χ1v) is 11.3. The van der Waals surface area contributed by atoms with Crippen LogP contribution in [0.5, 0.6) is 0 Å². The molecule has 34 heavy (non-hydrogen) atoms. The summed E-state index contributed by atoms with van der Waals surface area (Å²) in [6, 6.07) is 13.9. The Hall–Kier alpha value is -3.88. The Kier molecular flexibility index (Phi) is 6.54. The number of rotatable bonds is 9. The highest BCUT2D eigenvalue weighted by molar-refractivity contribution is 5.89. The Bertz CT molecular complexity index is 1270. The van der Waals surface area contributed by atoms with E-state index >= 15 is 0 Å². The van der Waals surface area contributed by atoms with Crippen molar-refractivity contribution >= 4 is 22.8 Å². The van der Waals surface area contributed by atoms with Gasteiger partial charge in [0.1, 0.15) is 17.8 Å². The molecule has 1 N–H and O–H groups in total. The molecule has 3 heterocycles. The number of para-hydroxylation sites is 1. The van der Waals surface area contributed by atoms with Crippen molar-refractivity contribution < 1.29 is 14.0 Å². The molecule has 0 bridgehead atoms. The van der Waals surface area contributed by atoms with Gasteiger partial charge in [0.2, 0.25) is 11.8 Å². The van der Waals surface area contributed by atoms with E-state index in [2.05, 4.69) is 15.6 Å². The van der Waals surface area contributed by atoms with Crippen LogP contribution in [0, 0.1) is 0 Å². The highest BCUT2D eigenvalue weighted by Crippen LogP contribution is 2.26. The summed E-state index contributed by atoms with van der Waals surface area (Å²) >= 11 is 0. The predicted molar refractivity (Wildman–Crippen MR) is 127 cm³/mol. The molecule has 0 aliphatic carbocycles. The summed E-state index contributed by atoms with van der Waals surface area (Å²) in [6.07, 6.45) is 4.16. The van der Waals surface area contributed by atoms with Crippen molar-refractivity contribution in [3.63, 3.8) is 0 Å². The topological polar surface area (TPSA) is 98.2 Å². The van der Waals surface area contributed by atoms with E-state index in [-0.39, 0.29) is 24.9 Å². The van der Waals surface area contributed by atoms with Gasteiger partial charge in [-0.15, -0.1) is 5.10 Å². The number of aryl methyl sites for hydroxylation is 1. The standard InChI is InChI=1S/C25H30N6O3/c1-5-25(2,3)26-24(33)23(21-13-8-14-29(21)4)30(16-18-10-9-15-34-18)22(32)17-31-20-12-7-6-11-19(20)27-28-31/h6-15,23H,5,16-17H2,1-4H3,(H,26,33). The van der Waals surface area contributed by atoms with Gasteiger partial charge in [-0.05, 0) is 56.7 Å². The van der Waals surface area contributed by atoms with Gasteiger partial charge in [0.15, 0.2) is 6.04 Å². The summed E-state index contributed by atoms with van der Waals surface area (Å²) in [5.74, 6) is 0.0540. The molecule has 0 saturated carbocycles. The number of nitrogens with one attached hydrogen (secondary N) is 1. The van der Waals surface area contributed by atoms with Crippen LogP contribution in [0.25, 0.3) is 11.0 Å². The molecule has 1 atom stereocenters. The minimum atomic E-state index is -0.863. The summed E-state index contributed by atoms with van der Waals surface area (Å²) < 4.78 is 8.97. The van der Waals surface area contributed by atoms with Gasteiger partial charge in [-0.1, -0.05) is 24.3 Å². The molecule has 1 unspecified atom stereocenters. The van der Waals surface area contributed by atoms with Crippen LogP contribution >= 0.6 is 0 Å². The molecule has 0 saturated heterocycles. The van der Waals surface area contributed by atoms with Crippen molar-refractivity contribution in [1.29, 1.82) is 0 Å². The quantitative estimate of drug-likeness (QED) is 0.411. The van der Waals surface area contributed by atoms with Crippen LogP contribution in [0.1, 0.15) is 44.7 Å². The number of carbonyl (C=O) groups is 2. The van der Waals surface area contributed by atoms with Gasteiger partial charge in [-0.25, -0.2) is 4.68 Å². The largest absolute Gasteiger partial charge is 0.467 e. The second kappa shape index (κ2) is 9.54. The smallest absolute Gasteiger partial charge is 0.249 e. The number of carbonyl (C=O) groups excluding carboxylic acids is 2. The molecule has 0 aliphatic heterocycles. The van der Waals surface area contributed by atoms with Gasteiger partial charge in [-0.3, -0.25) is 9.59 Å². The van der Waals surface area contributed by atoms with E-state index in [9.17, 15) is 9.59 Å². The Morgan fingerprint density at radius 2 is 1.94 bits per heavy atom. The van der Waals surface area contributed by atoms with Crippen LogP contribution in [-0.4, -0.2) is 41.8 Å². The molecule has 0 aliphatic rings. The zero-order valence-corrected chi connectivity index (χ0v) is 19.9. The fourth-order valence-corrected chi connectivity index (χ4v) is 3.83. The average Bonchev–Trinajstić information content (AvgIpc) is 3.56. The number of amides is 2. The van der Waals surface area contributed by atoms with Gasteiger partial charge in [0.25, 0.3) is 0 Å². The summed E-state index contributed by atoms with van der Waals surface area (Å²) in [5, 5.41) is 11.4. The lowest BCUT2D eigenvalue weighted by Crippen LogP contribution is -2.51. The monoisotopic (exact) mass is 462 g/mol. The molecule has 0 fully saturated rings. The van der Waals surface area contributed by atoms with Gasteiger partial charge in [0.05, 0.1) is 18.3 Å². The van der Waals surface area contributed by atoms with Gasteiger partial charge < -0.3 is 19.2 Å². The molecular formula is C25H30N6O3. The Labute approximate surface area is 198 Å². The van der Waals surface area contributed by atoms with E-state index in [1.165, 1.54) is 0 Å². The summed E-state index contributed by atoms with van der Waals surface area (Å²) in [6.45, 7) is 6.01. The second-order valence-electron chi connectivity index (χ2n) is 9.01. The number of hydrogen-bond acceptors (Lipinski definition) is 5. The first-order chi connectivity index (χ1) is 16.3. The molecule has 9 nitrogen and oxygen atoms in total. The molecule has 3 aromatic heterocycles. The van der Waals surface area contributed by atoms with Crippen LogP contribution in [0.15, 0.2) is 65.4 Å². The average molecular weight is 463 g/mol. The highest BCUT2D eigenvalue weighted by Gasteiger charge is 2.36. The number of furan rings is 1. The number of benzene rings is 1. The van der Waals surface area contributed by atoms with Crippen molar-refractivity contribution in [2.24, 2.45) is 7.05 Å². The van der Waals surface area contributed by atoms with Crippen molar-refractivity contribution in [3.8, 4) is 0 Å². The molecule has 178 valence electrons. The second-order valence-corrected chi connectivity index (χ2v) is 9.01. The van der Waals surface area contributed by atoms with Crippen molar-refractivity contribution in [3.05, 3.63) is 72.4 Å². The van der Waals surface area contributed by atoms with Crippen LogP contribution in [-0.2, 0) is 29.7 Å². The Morgan fingerprint density at radius 3 is 2.62 bits per heavy atom. The third-order valence-electron chi connectivity index (χ3n) is 6.10. The lowest BCUT2D eigenvalue weighted by molar-refractivity contribution is -0.143. The summed E-state index contributed by atoms with van der Waals surface area (Å²) in [4.78, 5) is 29.0. The molecule has 0 spiro atoms. The maximum absolute atomic E-state index is 13.8. The third-order valence-corrected chi connectivity index (χ3v) is 6.10. The molecule has 4 aromatic rings. The highest BCUT2D eigenvalue weighted by atomic mass is 16.3. The lowest BCUT2D eigenvalue weighted by Gasteiger charge is -2.34. The normalized spacial score (nSPS) is 12.6. The SMILES string of the molecule is CCC(C)(C)NC(=O)C(c1cccn1C)N(Cc1ccco1)C(=O)Cn1nnc2ccccc21. The third kappa shape index (κ3) is 4.88. The zero-order valence-electron chi connectivity index (χ0n) is 19.9. The van der Waals surface area contributed by atoms with Crippen molar-refractivity contribution in [2.45, 2.75) is 51.9 Å². The maximum atomic E-state index is 13.8.